The monoisotopic (exact) mass is 344 g/mol. The van der Waals surface area contributed by atoms with Crippen LogP contribution >= 0.6 is 0 Å². The van der Waals surface area contributed by atoms with Gasteiger partial charge in [0, 0.05) is 5.56 Å². The van der Waals surface area contributed by atoms with Crippen LogP contribution in [0, 0.1) is 5.41 Å². The van der Waals surface area contributed by atoms with Gasteiger partial charge >= 0.3 is 12.1 Å². The molecule has 0 spiro atoms. The second-order valence-electron chi connectivity index (χ2n) is 5.55. The SMILES string of the molecule is COC(=O)C(C)(C)C(=O)c1ccc(NN)n2nc(C(F)(F)F)cc12. The number of rotatable bonds is 4. The van der Waals surface area contributed by atoms with Crippen LogP contribution in [-0.2, 0) is 15.7 Å². The maximum absolute atomic E-state index is 12.9. The number of carbonyl (C=O) groups excluding carboxylic acids is 2. The van der Waals surface area contributed by atoms with E-state index in [9.17, 15) is 22.8 Å². The van der Waals surface area contributed by atoms with Gasteiger partial charge in [-0.1, -0.05) is 0 Å². The molecule has 0 radical (unpaired) electrons. The molecule has 2 aromatic heterocycles. The van der Waals surface area contributed by atoms with Crippen molar-refractivity contribution in [1.82, 2.24) is 9.61 Å². The first-order valence-electron chi connectivity index (χ1n) is 6.74. The molecule has 0 saturated carbocycles. The van der Waals surface area contributed by atoms with Gasteiger partial charge in [0.15, 0.2) is 11.5 Å². The molecular formula is C14H15F3N4O3. The van der Waals surface area contributed by atoms with Crippen molar-refractivity contribution in [3.8, 4) is 0 Å². The highest BCUT2D eigenvalue weighted by Gasteiger charge is 2.40. The third kappa shape index (κ3) is 2.80. The van der Waals surface area contributed by atoms with E-state index < -0.39 is 29.0 Å². The first kappa shape index (κ1) is 17.7. The summed E-state index contributed by atoms with van der Waals surface area (Å²) in [6, 6.07) is 3.29. The number of esters is 1. The zero-order valence-electron chi connectivity index (χ0n) is 13.1. The summed E-state index contributed by atoms with van der Waals surface area (Å²) in [6.45, 7) is 2.65. The number of nitrogens with one attached hydrogen (secondary N) is 1. The van der Waals surface area contributed by atoms with E-state index in [0.717, 1.165) is 17.7 Å². The van der Waals surface area contributed by atoms with E-state index in [2.05, 4.69) is 15.3 Å². The molecule has 0 aromatic carbocycles. The number of anilines is 1. The van der Waals surface area contributed by atoms with Crippen molar-refractivity contribution >= 4 is 23.1 Å². The molecule has 24 heavy (non-hydrogen) atoms. The van der Waals surface area contributed by atoms with E-state index in [1.54, 1.807) is 0 Å². The second-order valence-corrected chi connectivity index (χ2v) is 5.55. The molecule has 130 valence electrons. The van der Waals surface area contributed by atoms with Crippen molar-refractivity contribution in [2.45, 2.75) is 20.0 Å². The van der Waals surface area contributed by atoms with Crippen molar-refractivity contribution in [1.29, 1.82) is 0 Å². The zero-order chi connectivity index (χ0) is 18.3. The lowest BCUT2D eigenvalue weighted by molar-refractivity contribution is -0.148. The van der Waals surface area contributed by atoms with Gasteiger partial charge in [0.2, 0.25) is 0 Å². The zero-order valence-corrected chi connectivity index (χ0v) is 13.1. The average molecular weight is 344 g/mol. The standard InChI is InChI=1S/C14H15F3N4O3/c1-13(2,12(23)24-3)11(22)7-4-5-10(19-18)21-8(7)6-9(20-21)14(15,16)17/h4-6,19H,18H2,1-3H3. The van der Waals surface area contributed by atoms with Crippen molar-refractivity contribution in [3.05, 3.63) is 29.5 Å². The number of nitrogens with two attached hydrogens (primary N) is 1. The molecule has 2 rings (SSSR count). The van der Waals surface area contributed by atoms with Crippen LogP contribution in [0.15, 0.2) is 18.2 Å². The fourth-order valence-corrected chi connectivity index (χ4v) is 2.20. The summed E-state index contributed by atoms with van der Waals surface area (Å²) in [5.74, 6) is 3.81. The van der Waals surface area contributed by atoms with Crippen molar-refractivity contribution in [2.75, 3.05) is 12.5 Å². The Morgan fingerprint density at radius 2 is 1.92 bits per heavy atom. The summed E-state index contributed by atoms with van der Waals surface area (Å²) >= 11 is 0. The number of pyridine rings is 1. The quantitative estimate of drug-likeness (QED) is 0.289. The molecule has 10 heteroatoms. The van der Waals surface area contributed by atoms with Gasteiger partial charge in [-0.25, -0.2) is 10.4 Å². The molecule has 0 aliphatic carbocycles. The highest BCUT2D eigenvalue weighted by atomic mass is 19.4. The van der Waals surface area contributed by atoms with E-state index in [-0.39, 0.29) is 16.9 Å². The third-order valence-electron chi connectivity index (χ3n) is 3.57. The summed E-state index contributed by atoms with van der Waals surface area (Å²) in [5, 5.41) is 3.43. The Bertz CT molecular complexity index is 811. The lowest BCUT2D eigenvalue weighted by Gasteiger charge is -2.20. The lowest BCUT2D eigenvalue weighted by Crippen LogP contribution is -2.34. The Morgan fingerprint density at radius 3 is 2.42 bits per heavy atom. The molecule has 0 amide bonds. The maximum atomic E-state index is 12.9. The third-order valence-corrected chi connectivity index (χ3v) is 3.57. The Kier molecular flexibility index (Phi) is 4.27. The van der Waals surface area contributed by atoms with Crippen LogP contribution < -0.4 is 11.3 Å². The van der Waals surface area contributed by atoms with E-state index in [1.807, 2.05) is 0 Å². The number of ether oxygens (including phenoxy) is 1. The first-order valence-corrected chi connectivity index (χ1v) is 6.74. The number of hydrogen-bond donors (Lipinski definition) is 2. The molecule has 0 bridgehead atoms. The van der Waals surface area contributed by atoms with Crippen molar-refractivity contribution in [2.24, 2.45) is 11.3 Å². The molecular weight excluding hydrogens is 329 g/mol. The predicted molar refractivity (Wildman–Crippen MR) is 78.1 cm³/mol. The summed E-state index contributed by atoms with van der Waals surface area (Å²) in [4.78, 5) is 24.5. The Balaban J connectivity index is 2.70. The van der Waals surface area contributed by atoms with E-state index in [0.29, 0.717) is 0 Å². The van der Waals surface area contributed by atoms with Gasteiger partial charge in [-0.3, -0.25) is 9.59 Å². The van der Waals surface area contributed by atoms with Gasteiger partial charge < -0.3 is 10.2 Å². The number of halogens is 3. The molecule has 0 saturated heterocycles. The van der Waals surface area contributed by atoms with Crippen LogP contribution in [0.1, 0.15) is 29.9 Å². The lowest BCUT2D eigenvalue weighted by atomic mass is 9.84. The van der Waals surface area contributed by atoms with Crippen LogP contribution in [0.5, 0.6) is 0 Å². The number of hydrogen-bond acceptors (Lipinski definition) is 6. The Labute approximate surface area is 134 Å². The summed E-state index contributed by atoms with van der Waals surface area (Å²) in [6.07, 6.45) is -4.70. The number of hydrazine groups is 1. The molecule has 2 heterocycles. The summed E-state index contributed by atoms with van der Waals surface area (Å²) in [5.41, 5.74) is -0.785. The molecule has 7 nitrogen and oxygen atoms in total. The number of alkyl halides is 3. The van der Waals surface area contributed by atoms with Gasteiger partial charge in [0.25, 0.3) is 0 Å². The van der Waals surface area contributed by atoms with Crippen molar-refractivity contribution < 1.29 is 27.5 Å². The summed E-state index contributed by atoms with van der Waals surface area (Å²) < 4.78 is 44.2. The number of nitrogen functional groups attached to an aromatic ring is 1. The van der Waals surface area contributed by atoms with Crippen LogP contribution in [0.2, 0.25) is 0 Å². The number of fused-ring (bicyclic) bond motifs is 1. The number of Topliss-reactive ketones (excluding diaryl/α,β-unsaturated/α-hetero) is 1. The Morgan fingerprint density at radius 1 is 1.29 bits per heavy atom. The largest absolute Gasteiger partial charge is 0.468 e. The first-order chi connectivity index (χ1) is 11.0. The molecule has 0 atom stereocenters. The number of nitrogens with zero attached hydrogens (tertiary/aromatic N) is 2. The van der Waals surface area contributed by atoms with Gasteiger partial charge in [0.05, 0.1) is 12.6 Å². The fraction of sp³-hybridized carbons (Fsp3) is 0.357. The highest BCUT2D eigenvalue weighted by molar-refractivity contribution is 6.15. The minimum Gasteiger partial charge on any atom is -0.468 e. The smallest absolute Gasteiger partial charge is 0.435 e. The van der Waals surface area contributed by atoms with Gasteiger partial charge in [-0.15, -0.1) is 0 Å². The minimum atomic E-state index is -4.70. The van der Waals surface area contributed by atoms with Gasteiger partial charge in [0.1, 0.15) is 11.2 Å². The predicted octanol–water partition coefficient (Wildman–Crippen LogP) is 2.02. The number of aromatic nitrogens is 2. The average Bonchev–Trinajstić information content (AvgIpc) is 2.97. The molecule has 0 aliphatic heterocycles. The molecule has 3 N–H and O–H groups in total. The topological polar surface area (TPSA) is 98.7 Å². The summed E-state index contributed by atoms with van der Waals surface area (Å²) in [7, 11) is 1.12. The van der Waals surface area contributed by atoms with E-state index in [4.69, 9.17) is 5.84 Å². The van der Waals surface area contributed by atoms with Crippen LogP contribution in [0.3, 0.4) is 0 Å². The van der Waals surface area contributed by atoms with Crippen LogP contribution in [-0.4, -0.2) is 28.5 Å². The molecule has 0 aliphatic rings. The molecule has 0 unspecified atom stereocenters. The van der Waals surface area contributed by atoms with Gasteiger partial charge in [-0.05, 0) is 32.0 Å². The van der Waals surface area contributed by atoms with Crippen LogP contribution in [0.4, 0.5) is 19.0 Å². The Hall–Kier alpha value is -2.62. The highest BCUT2D eigenvalue weighted by Crippen LogP contribution is 2.33. The van der Waals surface area contributed by atoms with Gasteiger partial charge in [-0.2, -0.15) is 18.3 Å². The fourth-order valence-electron chi connectivity index (χ4n) is 2.20. The van der Waals surface area contributed by atoms with Crippen molar-refractivity contribution in [3.63, 3.8) is 0 Å². The minimum absolute atomic E-state index is 0.0490. The van der Waals surface area contributed by atoms with Crippen LogP contribution in [0.25, 0.3) is 5.52 Å². The number of methoxy groups -OCH3 is 1. The maximum Gasteiger partial charge on any atom is 0.435 e. The number of ketones is 1. The second kappa shape index (κ2) is 5.78. The molecule has 2 aromatic rings. The normalized spacial score (nSPS) is 12.3. The van der Waals surface area contributed by atoms with E-state index in [1.165, 1.54) is 26.0 Å². The number of carbonyl (C=O) groups is 2. The van der Waals surface area contributed by atoms with E-state index >= 15 is 0 Å². The molecule has 0 fully saturated rings.